The second kappa shape index (κ2) is 9.61. The van der Waals surface area contributed by atoms with Gasteiger partial charge in [0.2, 0.25) is 11.8 Å². The fraction of sp³-hybridized carbons (Fsp3) is 0.421. The summed E-state index contributed by atoms with van der Waals surface area (Å²) in [5.41, 5.74) is 2.18. The predicted molar refractivity (Wildman–Crippen MR) is 95.2 cm³/mol. The minimum absolute atomic E-state index is 0.249. The van der Waals surface area contributed by atoms with Crippen LogP contribution in [-0.4, -0.2) is 31.4 Å². The zero-order valence-electron chi connectivity index (χ0n) is 14.5. The summed E-state index contributed by atoms with van der Waals surface area (Å²) < 4.78 is 4.63. The van der Waals surface area contributed by atoms with Gasteiger partial charge in [0.05, 0.1) is 12.7 Å². The van der Waals surface area contributed by atoms with E-state index in [2.05, 4.69) is 21.4 Å². The number of amides is 2. The van der Waals surface area contributed by atoms with Crippen molar-refractivity contribution in [1.29, 1.82) is 0 Å². The van der Waals surface area contributed by atoms with Crippen molar-refractivity contribution in [2.45, 2.75) is 38.5 Å². The number of rotatable bonds is 7. The highest BCUT2D eigenvalue weighted by Crippen LogP contribution is 2.19. The van der Waals surface area contributed by atoms with Crippen molar-refractivity contribution in [2.75, 3.05) is 19.0 Å². The third-order valence-electron chi connectivity index (χ3n) is 4.04. The van der Waals surface area contributed by atoms with Crippen LogP contribution >= 0.6 is 0 Å². The summed E-state index contributed by atoms with van der Waals surface area (Å²) >= 11 is 0. The minimum atomic E-state index is -0.481. The van der Waals surface area contributed by atoms with Crippen molar-refractivity contribution in [3.63, 3.8) is 0 Å². The molecule has 0 saturated carbocycles. The molecule has 2 amide bonds. The molecule has 2 rings (SSSR count). The van der Waals surface area contributed by atoms with E-state index in [9.17, 15) is 14.4 Å². The van der Waals surface area contributed by atoms with Gasteiger partial charge in [-0.25, -0.2) is 4.79 Å². The van der Waals surface area contributed by atoms with Crippen LogP contribution in [0.3, 0.4) is 0 Å². The molecule has 1 aliphatic carbocycles. The van der Waals surface area contributed by atoms with E-state index in [1.807, 2.05) is 0 Å². The van der Waals surface area contributed by atoms with E-state index in [0.717, 1.165) is 19.3 Å². The van der Waals surface area contributed by atoms with Crippen molar-refractivity contribution in [3.8, 4) is 0 Å². The zero-order chi connectivity index (χ0) is 18.1. The maximum absolute atomic E-state index is 11.9. The molecular formula is C19H24N2O4. The van der Waals surface area contributed by atoms with Gasteiger partial charge in [-0.05, 0) is 50.3 Å². The average molecular weight is 344 g/mol. The van der Waals surface area contributed by atoms with Crippen LogP contribution in [0.1, 0.15) is 48.9 Å². The summed E-state index contributed by atoms with van der Waals surface area (Å²) in [5, 5.41) is 5.38. The van der Waals surface area contributed by atoms with E-state index in [-0.39, 0.29) is 12.3 Å². The summed E-state index contributed by atoms with van der Waals surface area (Å²) in [6.45, 7) is 0.551. The molecule has 6 nitrogen and oxygen atoms in total. The standard InChI is InChI=1S/C19H24N2O4/c1-25-19(24)15-8-5-9-16(12-15)21-18(23)13-17(22)20-11-10-14-6-3-2-4-7-14/h5-6,8-9,12H,2-4,7,10-11,13H2,1H3,(H,20,22)(H,21,23). The maximum atomic E-state index is 11.9. The Bertz CT molecular complexity index is 667. The van der Waals surface area contributed by atoms with Gasteiger partial charge < -0.3 is 15.4 Å². The van der Waals surface area contributed by atoms with E-state index in [4.69, 9.17) is 0 Å². The molecule has 0 atom stereocenters. The van der Waals surface area contributed by atoms with Gasteiger partial charge in [0, 0.05) is 12.2 Å². The Morgan fingerprint density at radius 1 is 1.16 bits per heavy atom. The van der Waals surface area contributed by atoms with Crippen molar-refractivity contribution in [3.05, 3.63) is 41.5 Å². The topological polar surface area (TPSA) is 84.5 Å². The normalized spacial score (nSPS) is 13.6. The Morgan fingerprint density at radius 2 is 2.00 bits per heavy atom. The number of anilines is 1. The number of esters is 1. The summed E-state index contributed by atoms with van der Waals surface area (Å²) in [4.78, 5) is 35.3. The monoisotopic (exact) mass is 344 g/mol. The molecule has 1 aliphatic rings. The predicted octanol–water partition coefficient (Wildman–Crippen LogP) is 2.81. The molecule has 25 heavy (non-hydrogen) atoms. The van der Waals surface area contributed by atoms with Gasteiger partial charge >= 0.3 is 5.97 Å². The lowest BCUT2D eigenvalue weighted by molar-refractivity contribution is -0.126. The van der Waals surface area contributed by atoms with E-state index in [1.54, 1.807) is 18.2 Å². The van der Waals surface area contributed by atoms with E-state index >= 15 is 0 Å². The van der Waals surface area contributed by atoms with Crippen LogP contribution in [0.25, 0.3) is 0 Å². The molecule has 0 radical (unpaired) electrons. The van der Waals surface area contributed by atoms with E-state index in [0.29, 0.717) is 17.8 Å². The van der Waals surface area contributed by atoms with Gasteiger partial charge in [0.1, 0.15) is 6.42 Å². The summed E-state index contributed by atoms with van der Waals surface area (Å²) in [6, 6.07) is 6.39. The lowest BCUT2D eigenvalue weighted by atomic mass is 9.97. The quantitative estimate of drug-likeness (QED) is 0.452. The zero-order valence-corrected chi connectivity index (χ0v) is 14.5. The summed E-state index contributed by atoms with van der Waals surface area (Å²) in [5.74, 6) is -1.21. The highest BCUT2D eigenvalue weighted by atomic mass is 16.5. The number of methoxy groups -OCH3 is 1. The molecule has 0 saturated heterocycles. The Morgan fingerprint density at radius 3 is 2.72 bits per heavy atom. The van der Waals surface area contributed by atoms with Gasteiger partial charge in [0.15, 0.2) is 0 Å². The number of carbonyl (C=O) groups is 3. The number of benzene rings is 1. The number of carbonyl (C=O) groups excluding carboxylic acids is 3. The lowest BCUT2D eigenvalue weighted by Crippen LogP contribution is -2.29. The number of hydrogen-bond donors (Lipinski definition) is 2. The Kier molecular flexibility index (Phi) is 7.19. The third-order valence-corrected chi connectivity index (χ3v) is 4.04. The molecule has 0 aliphatic heterocycles. The molecule has 0 fully saturated rings. The van der Waals surface area contributed by atoms with Crippen LogP contribution in [0, 0.1) is 0 Å². The number of ether oxygens (including phenoxy) is 1. The fourth-order valence-corrected chi connectivity index (χ4v) is 2.75. The number of nitrogens with one attached hydrogen (secondary N) is 2. The van der Waals surface area contributed by atoms with Crippen LogP contribution in [-0.2, 0) is 14.3 Å². The van der Waals surface area contributed by atoms with Gasteiger partial charge in [-0.15, -0.1) is 0 Å². The van der Waals surface area contributed by atoms with Crippen LogP contribution in [0.4, 0.5) is 5.69 Å². The summed E-state index contributed by atoms with van der Waals surface area (Å²) in [6.07, 6.45) is 7.52. The van der Waals surface area contributed by atoms with Crippen molar-refractivity contribution < 1.29 is 19.1 Å². The Labute approximate surface area is 147 Å². The molecule has 0 spiro atoms. The highest BCUT2D eigenvalue weighted by Gasteiger charge is 2.12. The SMILES string of the molecule is COC(=O)c1cccc(NC(=O)CC(=O)NCCC2=CCCCC2)c1. The Balaban J connectivity index is 1.74. The first-order chi connectivity index (χ1) is 12.1. The van der Waals surface area contributed by atoms with Gasteiger partial charge in [0.25, 0.3) is 0 Å². The van der Waals surface area contributed by atoms with Crippen molar-refractivity contribution >= 4 is 23.5 Å². The van der Waals surface area contributed by atoms with Crippen molar-refractivity contribution in [2.24, 2.45) is 0 Å². The van der Waals surface area contributed by atoms with Crippen LogP contribution < -0.4 is 10.6 Å². The average Bonchev–Trinajstić information content (AvgIpc) is 2.62. The molecule has 0 bridgehead atoms. The van der Waals surface area contributed by atoms with Crippen LogP contribution in [0.2, 0.25) is 0 Å². The first-order valence-corrected chi connectivity index (χ1v) is 8.51. The van der Waals surface area contributed by atoms with E-state index < -0.39 is 11.9 Å². The molecule has 6 heteroatoms. The van der Waals surface area contributed by atoms with Crippen LogP contribution in [0.5, 0.6) is 0 Å². The fourth-order valence-electron chi connectivity index (χ4n) is 2.75. The second-order valence-electron chi connectivity index (χ2n) is 6.01. The van der Waals surface area contributed by atoms with Crippen molar-refractivity contribution in [1.82, 2.24) is 5.32 Å². The minimum Gasteiger partial charge on any atom is -0.465 e. The van der Waals surface area contributed by atoms with Gasteiger partial charge in [-0.3, -0.25) is 9.59 Å². The smallest absolute Gasteiger partial charge is 0.337 e. The number of hydrogen-bond acceptors (Lipinski definition) is 4. The van der Waals surface area contributed by atoms with Crippen LogP contribution in [0.15, 0.2) is 35.9 Å². The van der Waals surface area contributed by atoms with Gasteiger partial charge in [-0.1, -0.05) is 17.7 Å². The Hall–Kier alpha value is -2.63. The maximum Gasteiger partial charge on any atom is 0.337 e. The third kappa shape index (κ3) is 6.41. The van der Waals surface area contributed by atoms with E-state index in [1.165, 1.54) is 31.6 Å². The molecule has 1 aromatic carbocycles. The first-order valence-electron chi connectivity index (χ1n) is 8.51. The first kappa shape index (κ1) is 18.7. The van der Waals surface area contributed by atoms with Gasteiger partial charge in [-0.2, -0.15) is 0 Å². The molecule has 0 aromatic heterocycles. The molecule has 134 valence electrons. The molecular weight excluding hydrogens is 320 g/mol. The molecule has 1 aromatic rings. The highest BCUT2D eigenvalue weighted by molar-refractivity contribution is 6.04. The molecule has 2 N–H and O–H groups in total. The molecule has 0 unspecified atom stereocenters. The largest absolute Gasteiger partial charge is 0.465 e. The number of allylic oxidation sites excluding steroid dienone is 1. The second-order valence-corrected chi connectivity index (χ2v) is 6.01. The summed E-state index contributed by atoms with van der Waals surface area (Å²) in [7, 11) is 1.29. The molecule has 0 heterocycles. The lowest BCUT2D eigenvalue weighted by Gasteiger charge is -2.13.